The van der Waals surface area contributed by atoms with E-state index in [2.05, 4.69) is 20.2 Å². The van der Waals surface area contributed by atoms with Gasteiger partial charge in [0.05, 0.1) is 11.6 Å². The molecule has 0 saturated heterocycles. The van der Waals surface area contributed by atoms with E-state index in [-0.39, 0.29) is 5.82 Å². The maximum absolute atomic E-state index is 13.1. The fraction of sp³-hybridized carbons (Fsp3) is 0. The highest BCUT2D eigenvalue weighted by molar-refractivity contribution is 5.86. The van der Waals surface area contributed by atoms with Crippen molar-refractivity contribution in [3.8, 4) is 11.4 Å². The summed E-state index contributed by atoms with van der Waals surface area (Å²) in [6.45, 7) is 0. The highest BCUT2D eigenvalue weighted by atomic mass is 19.1. The molecule has 2 heterocycles. The van der Waals surface area contributed by atoms with Gasteiger partial charge in [-0.3, -0.25) is 5.10 Å². The van der Waals surface area contributed by atoms with E-state index in [1.165, 1.54) is 12.1 Å². The van der Waals surface area contributed by atoms with Crippen LogP contribution >= 0.6 is 0 Å². The van der Waals surface area contributed by atoms with Crippen molar-refractivity contribution in [1.29, 1.82) is 0 Å². The number of anilines is 1. The molecule has 6 heteroatoms. The standard InChI is InChI=1S/C11H8FN5/c12-7-3-1-2-6(4-7)10-15-9(13)8-5-14-17-11(8)16-10/h1-5H,(H3,13,14,15,16,17). The molecule has 3 aromatic rings. The van der Waals surface area contributed by atoms with E-state index in [0.29, 0.717) is 28.2 Å². The van der Waals surface area contributed by atoms with Gasteiger partial charge in [0.1, 0.15) is 11.6 Å². The van der Waals surface area contributed by atoms with Crippen LogP contribution < -0.4 is 5.73 Å². The maximum atomic E-state index is 13.1. The summed E-state index contributed by atoms with van der Waals surface area (Å²) in [6, 6.07) is 6.04. The number of fused-ring (bicyclic) bond motifs is 1. The second kappa shape index (κ2) is 3.51. The first-order valence-electron chi connectivity index (χ1n) is 4.96. The SMILES string of the molecule is Nc1nc(-c2cccc(F)c2)nc2[nH]ncc12. The highest BCUT2D eigenvalue weighted by Gasteiger charge is 2.08. The van der Waals surface area contributed by atoms with Crippen molar-refractivity contribution in [3.63, 3.8) is 0 Å². The summed E-state index contributed by atoms with van der Waals surface area (Å²) < 4.78 is 13.1. The molecule has 0 radical (unpaired) electrons. The number of nitrogen functional groups attached to an aromatic ring is 1. The van der Waals surface area contributed by atoms with Crippen molar-refractivity contribution in [2.24, 2.45) is 0 Å². The van der Waals surface area contributed by atoms with Crippen molar-refractivity contribution in [2.45, 2.75) is 0 Å². The smallest absolute Gasteiger partial charge is 0.164 e. The molecule has 5 nitrogen and oxygen atoms in total. The zero-order valence-corrected chi connectivity index (χ0v) is 8.68. The van der Waals surface area contributed by atoms with E-state index >= 15 is 0 Å². The molecular weight excluding hydrogens is 221 g/mol. The summed E-state index contributed by atoms with van der Waals surface area (Å²) >= 11 is 0. The van der Waals surface area contributed by atoms with Crippen LogP contribution in [0, 0.1) is 5.82 Å². The van der Waals surface area contributed by atoms with Gasteiger partial charge < -0.3 is 5.73 Å². The number of nitrogens with two attached hydrogens (primary N) is 1. The quantitative estimate of drug-likeness (QED) is 0.666. The minimum atomic E-state index is -0.339. The van der Waals surface area contributed by atoms with Gasteiger partial charge in [0.2, 0.25) is 0 Å². The molecule has 3 rings (SSSR count). The lowest BCUT2D eigenvalue weighted by Gasteiger charge is -2.02. The summed E-state index contributed by atoms with van der Waals surface area (Å²) in [5, 5.41) is 7.20. The average molecular weight is 229 g/mol. The van der Waals surface area contributed by atoms with E-state index in [0.717, 1.165) is 0 Å². The number of rotatable bonds is 1. The van der Waals surface area contributed by atoms with Crippen LogP contribution in [0.1, 0.15) is 0 Å². The average Bonchev–Trinajstić information content (AvgIpc) is 2.77. The molecule has 17 heavy (non-hydrogen) atoms. The molecule has 3 N–H and O–H groups in total. The van der Waals surface area contributed by atoms with E-state index in [1.807, 2.05) is 0 Å². The minimum absolute atomic E-state index is 0.322. The number of aromatic nitrogens is 4. The number of benzene rings is 1. The number of nitrogens with zero attached hydrogens (tertiary/aromatic N) is 3. The minimum Gasteiger partial charge on any atom is -0.383 e. The van der Waals surface area contributed by atoms with Crippen LogP contribution in [0.25, 0.3) is 22.4 Å². The van der Waals surface area contributed by atoms with Gasteiger partial charge in [-0.2, -0.15) is 5.10 Å². The van der Waals surface area contributed by atoms with Gasteiger partial charge in [0, 0.05) is 5.56 Å². The Hall–Kier alpha value is -2.50. The van der Waals surface area contributed by atoms with Crippen LogP contribution in [0.4, 0.5) is 10.2 Å². The Morgan fingerprint density at radius 2 is 2.12 bits per heavy atom. The largest absolute Gasteiger partial charge is 0.383 e. The summed E-state index contributed by atoms with van der Waals surface area (Å²) in [5.74, 6) is 0.358. The molecule has 0 amide bonds. The van der Waals surface area contributed by atoms with Crippen molar-refractivity contribution in [3.05, 3.63) is 36.3 Å². The second-order valence-electron chi connectivity index (χ2n) is 3.58. The molecule has 2 aromatic heterocycles. The van der Waals surface area contributed by atoms with Gasteiger partial charge in [0.15, 0.2) is 11.5 Å². The normalized spacial score (nSPS) is 10.9. The lowest BCUT2D eigenvalue weighted by molar-refractivity contribution is 0.628. The summed E-state index contributed by atoms with van der Waals surface area (Å²) in [6.07, 6.45) is 1.56. The van der Waals surface area contributed by atoms with E-state index in [9.17, 15) is 4.39 Å². The number of aromatic amines is 1. The van der Waals surface area contributed by atoms with Gasteiger partial charge in [-0.1, -0.05) is 12.1 Å². The monoisotopic (exact) mass is 229 g/mol. The molecule has 1 aromatic carbocycles. The Bertz CT molecular complexity index is 691. The predicted octanol–water partition coefficient (Wildman–Crippen LogP) is 1.74. The van der Waals surface area contributed by atoms with E-state index in [1.54, 1.807) is 18.3 Å². The third kappa shape index (κ3) is 1.59. The number of hydrogen-bond acceptors (Lipinski definition) is 4. The van der Waals surface area contributed by atoms with Crippen LogP contribution in [-0.2, 0) is 0 Å². The summed E-state index contributed by atoms with van der Waals surface area (Å²) in [5.41, 5.74) is 6.89. The van der Waals surface area contributed by atoms with Gasteiger partial charge in [-0.15, -0.1) is 0 Å². The molecule has 0 aliphatic heterocycles. The lowest BCUT2D eigenvalue weighted by atomic mass is 10.2. The molecule has 0 fully saturated rings. The van der Waals surface area contributed by atoms with Crippen LogP contribution in [0.2, 0.25) is 0 Å². The Morgan fingerprint density at radius 3 is 2.94 bits per heavy atom. The number of halogens is 1. The number of hydrogen-bond donors (Lipinski definition) is 2. The molecular formula is C11H8FN5. The Balaban J connectivity index is 2.23. The molecule has 0 saturated carbocycles. The molecule has 0 spiro atoms. The number of H-pyrrole nitrogens is 1. The number of nitrogens with one attached hydrogen (secondary N) is 1. The van der Waals surface area contributed by atoms with Gasteiger partial charge in [0.25, 0.3) is 0 Å². The second-order valence-corrected chi connectivity index (χ2v) is 3.58. The third-order valence-electron chi connectivity index (χ3n) is 2.42. The summed E-state index contributed by atoms with van der Waals surface area (Å²) in [7, 11) is 0. The molecule has 84 valence electrons. The topological polar surface area (TPSA) is 80.5 Å². The van der Waals surface area contributed by atoms with E-state index in [4.69, 9.17) is 5.73 Å². The lowest BCUT2D eigenvalue weighted by Crippen LogP contribution is -1.97. The van der Waals surface area contributed by atoms with Crippen molar-refractivity contribution in [2.75, 3.05) is 5.73 Å². The van der Waals surface area contributed by atoms with Crippen molar-refractivity contribution in [1.82, 2.24) is 20.2 Å². The first-order valence-corrected chi connectivity index (χ1v) is 4.96. The zero-order chi connectivity index (χ0) is 11.8. The molecule has 0 aliphatic rings. The fourth-order valence-electron chi connectivity index (χ4n) is 1.61. The fourth-order valence-corrected chi connectivity index (χ4v) is 1.61. The zero-order valence-electron chi connectivity index (χ0n) is 8.68. The van der Waals surface area contributed by atoms with Crippen LogP contribution in [0.15, 0.2) is 30.5 Å². The highest BCUT2D eigenvalue weighted by Crippen LogP contribution is 2.21. The van der Waals surface area contributed by atoms with E-state index < -0.39 is 0 Å². The molecule has 0 bridgehead atoms. The molecule has 0 atom stereocenters. The van der Waals surface area contributed by atoms with Crippen LogP contribution in [0.3, 0.4) is 0 Å². The van der Waals surface area contributed by atoms with Crippen molar-refractivity contribution >= 4 is 16.9 Å². The van der Waals surface area contributed by atoms with Gasteiger partial charge in [-0.05, 0) is 12.1 Å². The Kier molecular flexibility index (Phi) is 2.01. The Labute approximate surface area is 95.5 Å². The predicted molar refractivity (Wildman–Crippen MR) is 61.5 cm³/mol. The molecule has 0 unspecified atom stereocenters. The first-order chi connectivity index (χ1) is 8.24. The van der Waals surface area contributed by atoms with Gasteiger partial charge in [-0.25, -0.2) is 14.4 Å². The molecule has 0 aliphatic carbocycles. The van der Waals surface area contributed by atoms with Crippen LogP contribution in [0.5, 0.6) is 0 Å². The Morgan fingerprint density at radius 1 is 1.24 bits per heavy atom. The third-order valence-corrected chi connectivity index (χ3v) is 2.42. The maximum Gasteiger partial charge on any atom is 0.164 e. The first kappa shape index (κ1) is 9.71. The summed E-state index contributed by atoms with van der Waals surface area (Å²) in [4.78, 5) is 8.36. The van der Waals surface area contributed by atoms with Crippen molar-refractivity contribution < 1.29 is 4.39 Å². The van der Waals surface area contributed by atoms with Crippen LogP contribution in [-0.4, -0.2) is 20.2 Å². The van der Waals surface area contributed by atoms with Gasteiger partial charge >= 0.3 is 0 Å².